The maximum atomic E-state index is 11.9. The fraction of sp³-hybridized carbons (Fsp3) is 0.222. The van der Waals surface area contributed by atoms with Crippen LogP contribution < -0.4 is 10.5 Å². The van der Waals surface area contributed by atoms with Gasteiger partial charge in [-0.1, -0.05) is 5.16 Å². The zero-order chi connectivity index (χ0) is 13.2. The number of sulfonamides is 1. The van der Waals surface area contributed by atoms with E-state index in [-0.39, 0.29) is 23.1 Å². The van der Waals surface area contributed by atoms with E-state index in [1.54, 1.807) is 13.0 Å². The quantitative estimate of drug-likeness (QED) is 0.789. The fourth-order valence-electron chi connectivity index (χ4n) is 1.27. The van der Waals surface area contributed by atoms with Crippen LogP contribution in [0.15, 0.2) is 27.9 Å². The molecule has 96 valence electrons. The molecule has 0 saturated heterocycles. The minimum Gasteiger partial charge on any atom is -0.396 e. The van der Waals surface area contributed by atoms with Crippen molar-refractivity contribution in [1.29, 1.82) is 0 Å². The molecule has 2 aromatic rings. The number of nitrogens with zero attached hydrogens (tertiary/aromatic N) is 3. The van der Waals surface area contributed by atoms with Gasteiger partial charge in [-0.2, -0.15) is 4.98 Å². The zero-order valence-electron chi connectivity index (χ0n) is 9.49. The van der Waals surface area contributed by atoms with Crippen LogP contribution in [-0.2, 0) is 16.6 Å². The van der Waals surface area contributed by atoms with Crippen molar-refractivity contribution in [3.8, 4) is 0 Å². The van der Waals surface area contributed by atoms with Gasteiger partial charge in [0.2, 0.25) is 5.89 Å². The number of hydrogen-bond acceptors (Lipinski definition) is 7. The van der Waals surface area contributed by atoms with Crippen LogP contribution in [-0.4, -0.2) is 23.5 Å². The van der Waals surface area contributed by atoms with Gasteiger partial charge in [-0.05, 0) is 12.1 Å². The largest absolute Gasteiger partial charge is 0.396 e. The number of hydrogen-bond donors (Lipinski definition) is 2. The number of anilines is 1. The van der Waals surface area contributed by atoms with Crippen LogP contribution >= 0.6 is 0 Å². The third kappa shape index (κ3) is 2.63. The average molecular weight is 269 g/mol. The Kier molecular flexibility index (Phi) is 3.26. The number of nitrogens with two attached hydrogens (primary N) is 1. The number of nitrogen functional groups attached to an aromatic ring is 1. The molecular weight excluding hydrogens is 258 g/mol. The summed E-state index contributed by atoms with van der Waals surface area (Å²) in [5, 5.41) is 3.35. The van der Waals surface area contributed by atoms with E-state index < -0.39 is 10.0 Å². The SMILES string of the molecule is Cc1nc(CNS(=O)(=O)c2ncccc2N)no1. The number of nitrogens with one attached hydrogen (secondary N) is 1. The molecular formula is C9H11N5O3S. The lowest BCUT2D eigenvalue weighted by molar-refractivity contribution is 0.387. The lowest BCUT2D eigenvalue weighted by atomic mass is 10.4. The molecule has 0 amide bonds. The number of rotatable bonds is 4. The van der Waals surface area contributed by atoms with Crippen LogP contribution in [0, 0.1) is 6.92 Å². The van der Waals surface area contributed by atoms with E-state index in [2.05, 4.69) is 19.8 Å². The van der Waals surface area contributed by atoms with Crippen LogP contribution in [0.1, 0.15) is 11.7 Å². The Bertz CT molecular complexity index is 652. The van der Waals surface area contributed by atoms with Gasteiger partial charge in [0.25, 0.3) is 10.0 Å². The number of aryl methyl sites for hydroxylation is 1. The Hall–Kier alpha value is -2.00. The lowest BCUT2D eigenvalue weighted by Crippen LogP contribution is -2.25. The van der Waals surface area contributed by atoms with Crippen molar-refractivity contribution in [2.75, 3.05) is 5.73 Å². The van der Waals surface area contributed by atoms with Gasteiger partial charge >= 0.3 is 0 Å². The van der Waals surface area contributed by atoms with Crippen LogP contribution in [0.2, 0.25) is 0 Å². The Morgan fingerprint density at radius 3 is 2.89 bits per heavy atom. The van der Waals surface area contributed by atoms with Crippen molar-refractivity contribution in [1.82, 2.24) is 19.8 Å². The Morgan fingerprint density at radius 1 is 1.50 bits per heavy atom. The zero-order valence-corrected chi connectivity index (χ0v) is 10.3. The molecule has 0 unspecified atom stereocenters. The summed E-state index contributed by atoms with van der Waals surface area (Å²) >= 11 is 0. The first-order valence-electron chi connectivity index (χ1n) is 4.98. The van der Waals surface area contributed by atoms with Gasteiger partial charge in [0.1, 0.15) is 0 Å². The molecule has 9 heteroatoms. The third-order valence-corrected chi connectivity index (χ3v) is 3.42. The summed E-state index contributed by atoms with van der Waals surface area (Å²) in [5.74, 6) is 0.604. The van der Waals surface area contributed by atoms with E-state index in [0.717, 1.165) is 0 Å². The van der Waals surface area contributed by atoms with Crippen molar-refractivity contribution < 1.29 is 12.9 Å². The molecule has 0 atom stereocenters. The molecule has 0 bridgehead atoms. The molecule has 2 heterocycles. The van der Waals surface area contributed by atoms with Gasteiger partial charge in [0.15, 0.2) is 10.9 Å². The minimum absolute atomic E-state index is 0.0780. The summed E-state index contributed by atoms with van der Waals surface area (Å²) in [6.45, 7) is 1.53. The summed E-state index contributed by atoms with van der Waals surface area (Å²) in [6, 6.07) is 3.01. The summed E-state index contributed by atoms with van der Waals surface area (Å²) in [4.78, 5) is 7.60. The lowest BCUT2D eigenvalue weighted by Gasteiger charge is -2.05. The Balaban J connectivity index is 2.16. The van der Waals surface area contributed by atoms with Crippen LogP contribution in [0.3, 0.4) is 0 Å². The molecule has 2 rings (SSSR count). The van der Waals surface area contributed by atoms with E-state index in [9.17, 15) is 8.42 Å². The van der Waals surface area contributed by atoms with Gasteiger partial charge in [-0.3, -0.25) is 0 Å². The Morgan fingerprint density at radius 2 is 2.28 bits per heavy atom. The van der Waals surface area contributed by atoms with E-state index in [1.807, 2.05) is 0 Å². The highest BCUT2D eigenvalue weighted by Crippen LogP contribution is 2.13. The van der Waals surface area contributed by atoms with Crippen molar-refractivity contribution in [2.45, 2.75) is 18.5 Å². The second-order valence-corrected chi connectivity index (χ2v) is 5.13. The van der Waals surface area contributed by atoms with E-state index in [0.29, 0.717) is 5.89 Å². The van der Waals surface area contributed by atoms with Crippen molar-refractivity contribution >= 4 is 15.7 Å². The Labute approximate surface area is 103 Å². The molecule has 0 fully saturated rings. The molecule has 0 aliphatic rings. The molecule has 3 N–H and O–H groups in total. The molecule has 0 saturated carbocycles. The van der Waals surface area contributed by atoms with Crippen molar-refractivity contribution in [3.63, 3.8) is 0 Å². The predicted octanol–water partition coefficient (Wildman–Crippen LogP) is -0.166. The molecule has 8 nitrogen and oxygen atoms in total. The molecule has 0 radical (unpaired) electrons. The summed E-state index contributed by atoms with van der Waals surface area (Å²) < 4.78 is 30.8. The average Bonchev–Trinajstić information content (AvgIpc) is 2.73. The van der Waals surface area contributed by atoms with Crippen molar-refractivity contribution in [3.05, 3.63) is 30.0 Å². The molecule has 0 aliphatic carbocycles. The smallest absolute Gasteiger partial charge is 0.260 e. The van der Waals surface area contributed by atoms with Crippen LogP contribution in [0.25, 0.3) is 0 Å². The minimum atomic E-state index is -3.79. The normalized spacial score (nSPS) is 11.6. The standard InChI is InChI=1S/C9H11N5O3S/c1-6-13-8(14-17-6)5-12-18(15,16)9-7(10)3-2-4-11-9/h2-4,12H,5,10H2,1H3. The summed E-state index contributed by atoms with van der Waals surface area (Å²) in [5.41, 5.74) is 5.63. The van der Waals surface area contributed by atoms with E-state index in [1.165, 1.54) is 12.3 Å². The maximum Gasteiger partial charge on any atom is 0.260 e. The van der Waals surface area contributed by atoms with Gasteiger partial charge in [-0.25, -0.2) is 18.1 Å². The van der Waals surface area contributed by atoms with Crippen LogP contribution in [0.4, 0.5) is 5.69 Å². The number of aromatic nitrogens is 3. The third-order valence-electron chi connectivity index (χ3n) is 2.05. The first-order valence-corrected chi connectivity index (χ1v) is 6.47. The second kappa shape index (κ2) is 4.70. The van der Waals surface area contributed by atoms with Gasteiger partial charge in [0, 0.05) is 13.1 Å². The fourth-order valence-corrected chi connectivity index (χ4v) is 2.30. The summed E-state index contributed by atoms with van der Waals surface area (Å²) in [6.07, 6.45) is 1.35. The number of pyridine rings is 1. The van der Waals surface area contributed by atoms with Crippen LogP contribution in [0.5, 0.6) is 0 Å². The highest BCUT2D eigenvalue weighted by atomic mass is 32.2. The molecule has 0 aromatic carbocycles. The van der Waals surface area contributed by atoms with Gasteiger partial charge < -0.3 is 10.3 Å². The predicted molar refractivity (Wildman–Crippen MR) is 61.7 cm³/mol. The van der Waals surface area contributed by atoms with Gasteiger partial charge in [0.05, 0.1) is 12.2 Å². The molecule has 0 aliphatic heterocycles. The second-order valence-electron chi connectivity index (χ2n) is 3.45. The first kappa shape index (κ1) is 12.5. The maximum absolute atomic E-state index is 11.9. The van der Waals surface area contributed by atoms with E-state index in [4.69, 9.17) is 10.3 Å². The van der Waals surface area contributed by atoms with Crippen molar-refractivity contribution in [2.24, 2.45) is 0 Å². The first-order chi connectivity index (χ1) is 8.49. The van der Waals surface area contributed by atoms with Gasteiger partial charge in [-0.15, -0.1) is 0 Å². The molecule has 18 heavy (non-hydrogen) atoms. The monoisotopic (exact) mass is 269 g/mol. The summed E-state index contributed by atoms with van der Waals surface area (Å²) in [7, 11) is -3.79. The topological polar surface area (TPSA) is 124 Å². The van der Waals surface area contributed by atoms with E-state index >= 15 is 0 Å². The molecule has 0 spiro atoms. The highest BCUT2D eigenvalue weighted by molar-refractivity contribution is 7.89. The molecule has 2 aromatic heterocycles. The highest BCUT2D eigenvalue weighted by Gasteiger charge is 2.19.